The molecule has 1 aromatic heterocycles. The van der Waals surface area contributed by atoms with Gasteiger partial charge in [-0.15, -0.1) is 6.42 Å². The van der Waals surface area contributed by atoms with Crippen LogP contribution in [0.2, 0.25) is 0 Å². The summed E-state index contributed by atoms with van der Waals surface area (Å²) in [5.74, 6) is 3.99. The van der Waals surface area contributed by atoms with Crippen LogP contribution in [-0.2, 0) is 7.05 Å². The molecule has 0 aliphatic rings. The predicted octanol–water partition coefficient (Wildman–Crippen LogP) is 0.862. The van der Waals surface area contributed by atoms with Crippen LogP contribution >= 0.6 is 0 Å². The third-order valence-corrected chi connectivity index (χ3v) is 1.66. The Morgan fingerprint density at radius 1 is 1.77 bits per heavy atom. The number of rotatable bonds is 3. The highest BCUT2D eigenvalue weighted by molar-refractivity contribution is 5.41. The summed E-state index contributed by atoms with van der Waals surface area (Å²) in [6, 6.07) is 1.77. The lowest BCUT2D eigenvalue weighted by molar-refractivity contribution is 0.373. The van der Waals surface area contributed by atoms with Crippen molar-refractivity contribution in [3.63, 3.8) is 0 Å². The van der Waals surface area contributed by atoms with E-state index in [2.05, 4.69) is 16.3 Å². The molecule has 1 unspecified atom stereocenters. The van der Waals surface area contributed by atoms with Crippen LogP contribution in [-0.4, -0.2) is 22.9 Å². The van der Waals surface area contributed by atoms with Crippen molar-refractivity contribution in [2.24, 2.45) is 7.05 Å². The van der Waals surface area contributed by atoms with Gasteiger partial charge in [0.25, 0.3) is 0 Å². The molecule has 4 nitrogen and oxygen atoms in total. The van der Waals surface area contributed by atoms with Gasteiger partial charge in [0.2, 0.25) is 5.88 Å². The molecule has 0 aliphatic carbocycles. The number of nitrogens with one attached hydrogen (secondary N) is 1. The Bertz CT molecular complexity index is 324. The van der Waals surface area contributed by atoms with Gasteiger partial charge in [-0.3, -0.25) is 0 Å². The predicted molar refractivity (Wildman–Crippen MR) is 51.7 cm³/mol. The summed E-state index contributed by atoms with van der Waals surface area (Å²) in [6.45, 7) is 1.89. The van der Waals surface area contributed by atoms with Gasteiger partial charge in [0.1, 0.15) is 0 Å². The van der Waals surface area contributed by atoms with Crippen molar-refractivity contribution >= 4 is 5.82 Å². The first-order chi connectivity index (χ1) is 6.17. The average molecular weight is 179 g/mol. The van der Waals surface area contributed by atoms with E-state index < -0.39 is 0 Å². The first-order valence-corrected chi connectivity index (χ1v) is 3.98. The second kappa shape index (κ2) is 3.85. The Balaban J connectivity index is 2.75. The fraction of sp³-hybridized carbons (Fsp3) is 0.444. The molecule has 0 saturated heterocycles. The molecule has 0 aliphatic heterocycles. The number of hydrogen-bond acceptors (Lipinski definition) is 3. The Kier molecular flexibility index (Phi) is 2.80. The van der Waals surface area contributed by atoms with Crippen molar-refractivity contribution in [1.29, 1.82) is 0 Å². The summed E-state index contributed by atoms with van der Waals surface area (Å²) in [7, 11) is 3.41. The molecule has 4 heteroatoms. The van der Waals surface area contributed by atoms with Gasteiger partial charge >= 0.3 is 0 Å². The van der Waals surface area contributed by atoms with Crippen LogP contribution < -0.4 is 10.1 Å². The largest absolute Gasteiger partial charge is 0.481 e. The van der Waals surface area contributed by atoms with Gasteiger partial charge < -0.3 is 10.1 Å². The molecule has 0 fully saturated rings. The highest BCUT2D eigenvalue weighted by atomic mass is 16.5. The highest BCUT2D eigenvalue weighted by Crippen LogP contribution is 2.15. The van der Waals surface area contributed by atoms with Crippen molar-refractivity contribution in [2.75, 3.05) is 12.4 Å². The fourth-order valence-electron chi connectivity index (χ4n) is 0.975. The van der Waals surface area contributed by atoms with Gasteiger partial charge in [-0.05, 0) is 6.92 Å². The minimum absolute atomic E-state index is 0.0281. The topological polar surface area (TPSA) is 39.1 Å². The minimum atomic E-state index is -0.0281. The molecular weight excluding hydrogens is 166 g/mol. The molecule has 0 saturated carbocycles. The summed E-state index contributed by atoms with van der Waals surface area (Å²) in [6.07, 6.45) is 5.22. The van der Waals surface area contributed by atoms with Crippen molar-refractivity contribution in [2.45, 2.75) is 13.0 Å². The maximum absolute atomic E-state index is 5.22. The zero-order valence-corrected chi connectivity index (χ0v) is 8.03. The maximum Gasteiger partial charge on any atom is 0.213 e. The third-order valence-electron chi connectivity index (χ3n) is 1.66. The van der Waals surface area contributed by atoms with Crippen molar-refractivity contribution in [1.82, 2.24) is 9.78 Å². The normalized spacial score (nSPS) is 11.8. The molecule has 1 atom stereocenters. The van der Waals surface area contributed by atoms with E-state index in [1.54, 1.807) is 17.9 Å². The van der Waals surface area contributed by atoms with E-state index in [0.29, 0.717) is 5.88 Å². The van der Waals surface area contributed by atoms with Crippen molar-refractivity contribution < 1.29 is 4.74 Å². The molecule has 1 aromatic rings. The van der Waals surface area contributed by atoms with Crippen molar-refractivity contribution in [3.8, 4) is 18.2 Å². The second-order valence-electron chi connectivity index (χ2n) is 2.73. The number of methoxy groups -OCH3 is 1. The van der Waals surface area contributed by atoms with Crippen LogP contribution in [0, 0.1) is 12.3 Å². The standard InChI is InChI=1S/C9H13N3O/c1-5-7(2)10-8-6-9(13-4)12(3)11-8/h1,6-7H,2-4H3,(H,10,11). The highest BCUT2D eigenvalue weighted by Gasteiger charge is 2.05. The first-order valence-electron chi connectivity index (χ1n) is 3.98. The lowest BCUT2D eigenvalue weighted by atomic mass is 10.3. The van der Waals surface area contributed by atoms with Gasteiger partial charge in [0.15, 0.2) is 5.82 Å². The van der Waals surface area contributed by atoms with Gasteiger partial charge in [0.05, 0.1) is 13.2 Å². The number of anilines is 1. The Morgan fingerprint density at radius 3 is 2.92 bits per heavy atom. The summed E-state index contributed by atoms with van der Waals surface area (Å²) in [5, 5.41) is 7.19. The van der Waals surface area contributed by atoms with Gasteiger partial charge in [-0.2, -0.15) is 5.10 Å². The molecular formula is C9H13N3O. The lowest BCUT2D eigenvalue weighted by Crippen LogP contribution is -2.12. The molecule has 0 radical (unpaired) electrons. The van der Waals surface area contributed by atoms with E-state index in [1.165, 1.54) is 0 Å². The second-order valence-corrected chi connectivity index (χ2v) is 2.73. The number of ether oxygens (including phenoxy) is 1. The monoisotopic (exact) mass is 179 g/mol. The molecule has 1 heterocycles. The Hall–Kier alpha value is -1.63. The zero-order valence-electron chi connectivity index (χ0n) is 8.03. The Labute approximate surface area is 77.9 Å². The minimum Gasteiger partial charge on any atom is -0.481 e. The summed E-state index contributed by atoms with van der Waals surface area (Å²) in [5.41, 5.74) is 0. The van der Waals surface area contributed by atoms with Crippen LogP contribution in [0.25, 0.3) is 0 Å². The van der Waals surface area contributed by atoms with Crippen LogP contribution in [0.4, 0.5) is 5.82 Å². The maximum atomic E-state index is 5.22. The first kappa shape index (κ1) is 9.46. The van der Waals surface area contributed by atoms with E-state index in [-0.39, 0.29) is 6.04 Å². The van der Waals surface area contributed by atoms with Crippen LogP contribution in [0.3, 0.4) is 0 Å². The zero-order chi connectivity index (χ0) is 9.84. The number of hydrogen-bond donors (Lipinski definition) is 1. The van der Waals surface area contributed by atoms with E-state index in [1.807, 2.05) is 14.0 Å². The van der Waals surface area contributed by atoms with E-state index >= 15 is 0 Å². The molecule has 0 bridgehead atoms. The number of aryl methyl sites for hydroxylation is 1. The average Bonchev–Trinajstić information content (AvgIpc) is 2.46. The van der Waals surface area contributed by atoms with Crippen LogP contribution in [0.15, 0.2) is 6.07 Å². The van der Waals surface area contributed by atoms with E-state index in [0.717, 1.165) is 5.82 Å². The summed E-state index contributed by atoms with van der Waals surface area (Å²) in [4.78, 5) is 0. The molecule has 0 spiro atoms. The molecule has 1 rings (SSSR count). The van der Waals surface area contributed by atoms with Crippen LogP contribution in [0.5, 0.6) is 5.88 Å². The number of terminal acetylenes is 1. The smallest absolute Gasteiger partial charge is 0.213 e. The summed E-state index contributed by atoms with van der Waals surface area (Å²) >= 11 is 0. The summed E-state index contributed by atoms with van der Waals surface area (Å²) < 4.78 is 6.69. The fourth-order valence-corrected chi connectivity index (χ4v) is 0.975. The molecule has 1 N–H and O–H groups in total. The van der Waals surface area contributed by atoms with Crippen molar-refractivity contribution in [3.05, 3.63) is 6.07 Å². The lowest BCUT2D eigenvalue weighted by Gasteiger charge is -2.03. The van der Waals surface area contributed by atoms with E-state index in [4.69, 9.17) is 11.2 Å². The molecule has 13 heavy (non-hydrogen) atoms. The molecule has 0 aromatic carbocycles. The van der Waals surface area contributed by atoms with Gasteiger partial charge in [-0.1, -0.05) is 5.92 Å². The SMILES string of the molecule is C#CC(C)Nc1cc(OC)n(C)n1. The quantitative estimate of drug-likeness (QED) is 0.699. The Morgan fingerprint density at radius 2 is 2.46 bits per heavy atom. The van der Waals surface area contributed by atoms with Crippen LogP contribution in [0.1, 0.15) is 6.92 Å². The molecule has 70 valence electrons. The third kappa shape index (κ3) is 2.15. The van der Waals surface area contributed by atoms with Gasteiger partial charge in [0, 0.05) is 13.1 Å². The number of aromatic nitrogens is 2. The molecule has 0 amide bonds. The van der Waals surface area contributed by atoms with E-state index in [9.17, 15) is 0 Å². The van der Waals surface area contributed by atoms with Gasteiger partial charge in [-0.25, -0.2) is 4.68 Å². The number of nitrogens with zero attached hydrogens (tertiary/aromatic N) is 2.